The molecule has 0 fully saturated rings. The highest BCUT2D eigenvalue weighted by Crippen LogP contribution is 1.90. The number of carbonyl (C=O) groups excluding carboxylic acids is 2. The SMILES string of the molecule is CC[C@H](CO)NC(=O)C(=O)N[C@@H](C)CC. The maximum atomic E-state index is 11.3. The van der Waals surface area contributed by atoms with Gasteiger partial charge in [-0.15, -0.1) is 0 Å². The molecule has 0 heterocycles. The van der Waals surface area contributed by atoms with Crippen molar-refractivity contribution in [3.05, 3.63) is 0 Å². The lowest BCUT2D eigenvalue weighted by Crippen LogP contribution is -2.47. The molecule has 0 spiro atoms. The minimum absolute atomic E-state index is 0.0162. The van der Waals surface area contributed by atoms with E-state index in [2.05, 4.69) is 10.6 Å². The summed E-state index contributed by atoms with van der Waals surface area (Å²) in [5, 5.41) is 13.8. The summed E-state index contributed by atoms with van der Waals surface area (Å²) in [6, 6.07) is -0.363. The predicted octanol–water partition coefficient (Wildman–Crippen LogP) is -0.212. The van der Waals surface area contributed by atoms with Crippen LogP contribution in [0.5, 0.6) is 0 Å². The van der Waals surface area contributed by atoms with E-state index in [9.17, 15) is 9.59 Å². The van der Waals surface area contributed by atoms with E-state index in [4.69, 9.17) is 5.11 Å². The lowest BCUT2D eigenvalue weighted by Gasteiger charge is -2.15. The molecule has 3 N–H and O–H groups in total. The quantitative estimate of drug-likeness (QED) is 0.556. The zero-order chi connectivity index (χ0) is 11.8. The van der Waals surface area contributed by atoms with E-state index < -0.39 is 11.8 Å². The molecule has 5 heteroatoms. The summed E-state index contributed by atoms with van der Waals surface area (Å²) in [6.07, 6.45) is 1.37. The molecular formula is C10H20N2O3. The van der Waals surface area contributed by atoms with Gasteiger partial charge in [0, 0.05) is 6.04 Å². The molecule has 5 nitrogen and oxygen atoms in total. The van der Waals surface area contributed by atoms with Crippen LogP contribution in [-0.4, -0.2) is 35.6 Å². The maximum Gasteiger partial charge on any atom is 0.309 e. The Morgan fingerprint density at radius 3 is 2.07 bits per heavy atom. The van der Waals surface area contributed by atoms with Crippen LogP contribution in [0.3, 0.4) is 0 Å². The topological polar surface area (TPSA) is 78.4 Å². The smallest absolute Gasteiger partial charge is 0.309 e. The van der Waals surface area contributed by atoms with Crippen LogP contribution in [-0.2, 0) is 9.59 Å². The summed E-state index contributed by atoms with van der Waals surface area (Å²) in [4.78, 5) is 22.6. The number of aliphatic hydroxyl groups is 1. The van der Waals surface area contributed by atoms with E-state index in [1.54, 1.807) is 0 Å². The monoisotopic (exact) mass is 216 g/mol. The fraction of sp³-hybridized carbons (Fsp3) is 0.800. The van der Waals surface area contributed by atoms with Crippen LogP contribution in [0.25, 0.3) is 0 Å². The number of aliphatic hydroxyl groups excluding tert-OH is 1. The molecule has 0 unspecified atom stereocenters. The zero-order valence-electron chi connectivity index (χ0n) is 9.54. The minimum Gasteiger partial charge on any atom is -0.394 e. The highest BCUT2D eigenvalue weighted by molar-refractivity contribution is 6.35. The molecule has 0 aromatic rings. The first-order valence-corrected chi connectivity index (χ1v) is 5.27. The highest BCUT2D eigenvalue weighted by Gasteiger charge is 2.17. The molecule has 0 aliphatic carbocycles. The Morgan fingerprint density at radius 1 is 1.13 bits per heavy atom. The van der Waals surface area contributed by atoms with Crippen LogP contribution in [0.2, 0.25) is 0 Å². The van der Waals surface area contributed by atoms with Crippen molar-refractivity contribution in [2.45, 2.75) is 45.7 Å². The van der Waals surface area contributed by atoms with Crippen molar-refractivity contribution >= 4 is 11.8 Å². The summed E-state index contributed by atoms with van der Waals surface area (Å²) in [5.41, 5.74) is 0. The van der Waals surface area contributed by atoms with E-state index in [1.165, 1.54) is 0 Å². The molecular weight excluding hydrogens is 196 g/mol. The van der Waals surface area contributed by atoms with E-state index >= 15 is 0 Å². The number of carbonyl (C=O) groups is 2. The van der Waals surface area contributed by atoms with E-state index in [0.717, 1.165) is 6.42 Å². The van der Waals surface area contributed by atoms with Gasteiger partial charge in [0.2, 0.25) is 0 Å². The number of hydrogen-bond acceptors (Lipinski definition) is 3. The van der Waals surface area contributed by atoms with Crippen molar-refractivity contribution in [1.29, 1.82) is 0 Å². The van der Waals surface area contributed by atoms with Crippen molar-refractivity contribution in [2.24, 2.45) is 0 Å². The molecule has 0 aliphatic rings. The normalized spacial score (nSPS) is 14.1. The Kier molecular flexibility index (Phi) is 6.70. The molecule has 0 saturated heterocycles. The molecule has 0 bridgehead atoms. The van der Waals surface area contributed by atoms with Gasteiger partial charge in [-0.05, 0) is 19.8 Å². The number of hydrogen-bond donors (Lipinski definition) is 3. The molecule has 88 valence electrons. The average molecular weight is 216 g/mol. The molecule has 0 aliphatic heterocycles. The number of amides is 2. The number of rotatable bonds is 5. The fourth-order valence-corrected chi connectivity index (χ4v) is 0.919. The maximum absolute atomic E-state index is 11.3. The van der Waals surface area contributed by atoms with Gasteiger partial charge in [-0.1, -0.05) is 13.8 Å². The molecule has 0 aromatic carbocycles. The van der Waals surface area contributed by atoms with E-state index in [-0.39, 0.29) is 18.7 Å². The van der Waals surface area contributed by atoms with Crippen LogP contribution in [0.4, 0.5) is 0 Å². The standard InChI is InChI=1S/C10H20N2O3/c1-4-7(3)11-9(14)10(15)12-8(5-2)6-13/h7-8,13H,4-6H2,1-3H3,(H,11,14)(H,12,15)/t7-,8+/m0/s1. The van der Waals surface area contributed by atoms with Gasteiger partial charge in [0.05, 0.1) is 12.6 Å². The average Bonchev–Trinajstić information content (AvgIpc) is 2.24. The Hall–Kier alpha value is -1.10. The van der Waals surface area contributed by atoms with Gasteiger partial charge < -0.3 is 15.7 Å². The molecule has 15 heavy (non-hydrogen) atoms. The van der Waals surface area contributed by atoms with Gasteiger partial charge in [0.1, 0.15) is 0 Å². The van der Waals surface area contributed by atoms with Crippen LogP contribution in [0, 0.1) is 0 Å². The van der Waals surface area contributed by atoms with Crippen molar-refractivity contribution in [1.82, 2.24) is 10.6 Å². The summed E-state index contributed by atoms with van der Waals surface area (Å²) in [7, 11) is 0. The Balaban J connectivity index is 4.04. The summed E-state index contributed by atoms with van der Waals surface area (Å²) < 4.78 is 0. The van der Waals surface area contributed by atoms with Crippen LogP contribution in [0.1, 0.15) is 33.6 Å². The molecule has 2 atom stereocenters. The summed E-state index contributed by atoms with van der Waals surface area (Å²) >= 11 is 0. The molecule has 2 amide bonds. The number of nitrogens with one attached hydrogen (secondary N) is 2. The summed E-state index contributed by atoms with van der Waals surface area (Å²) in [5.74, 6) is -1.33. The predicted molar refractivity (Wildman–Crippen MR) is 57.2 cm³/mol. The Bertz CT molecular complexity index is 215. The fourth-order valence-electron chi connectivity index (χ4n) is 0.919. The van der Waals surface area contributed by atoms with Crippen molar-refractivity contribution in [3.63, 3.8) is 0 Å². The van der Waals surface area contributed by atoms with Gasteiger partial charge in [-0.2, -0.15) is 0 Å². The van der Waals surface area contributed by atoms with Gasteiger partial charge in [-0.25, -0.2) is 0 Å². The van der Waals surface area contributed by atoms with Gasteiger partial charge in [-0.3, -0.25) is 9.59 Å². The van der Waals surface area contributed by atoms with E-state index in [0.29, 0.717) is 6.42 Å². The second kappa shape index (κ2) is 7.23. The lowest BCUT2D eigenvalue weighted by atomic mass is 10.2. The van der Waals surface area contributed by atoms with Crippen molar-refractivity contribution in [2.75, 3.05) is 6.61 Å². The first-order valence-electron chi connectivity index (χ1n) is 5.27. The van der Waals surface area contributed by atoms with Crippen LogP contribution < -0.4 is 10.6 Å². The van der Waals surface area contributed by atoms with Crippen molar-refractivity contribution in [3.8, 4) is 0 Å². The van der Waals surface area contributed by atoms with Crippen LogP contribution in [0.15, 0.2) is 0 Å². The molecule has 0 rings (SSSR count). The third-order valence-electron chi connectivity index (χ3n) is 2.24. The van der Waals surface area contributed by atoms with Gasteiger partial charge in [0.15, 0.2) is 0 Å². The molecule has 0 saturated carbocycles. The summed E-state index contributed by atoms with van der Waals surface area (Å²) in [6.45, 7) is 5.42. The first-order chi connectivity index (χ1) is 7.04. The molecule has 0 radical (unpaired) electrons. The third kappa shape index (κ3) is 5.37. The Labute approximate surface area is 90.2 Å². The van der Waals surface area contributed by atoms with Crippen molar-refractivity contribution < 1.29 is 14.7 Å². The van der Waals surface area contributed by atoms with Gasteiger partial charge in [0.25, 0.3) is 0 Å². The second-order valence-corrected chi connectivity index (χ2v) is 3.54. The van der Waals surface area contributed by atoms with E-state index in [1.807, 2.05) is 20.8 Å². The lowest BCUT2D eigenvalue weighted by molar-refractivity contribution is -0.140. The zero-order valence-corrected chi connectivity index (χ0v) is 9.54. The van der Waals surface area contributed by atoms with Crippen LogP contribution >= 0.6 is 0 Å². The third-order valence-corrected chi connectivity index (χ3v) is 2.24. The Morgan fingerprint density at radius 2 is 1.67 bits per heavy atom. The minimum atomic E-state index is -0.684. The molecule has 0 aromatic heterocycles. The van der Waals surface area contributed by atoms with Gasteiger partial charge >= 0.3 is 11.8 Å². The first kappa shape index (κ1) is 13.9. The largest absolute Gasteiger partial charge is 0.394 e. The second-order valence-electron chi connectivity index (χ2n) is 3.54. The highest BCUT2D eigenvalue weighted by atomic mass is 16.3.